The van der Waals surface area contributed by atoms with E-state index in [2.05, 4.69) is 13.8 Å². The normalized spacial score (nSPS) is 30.7. The zero-order valence-electron chi connectivity index (χ0n) is 77.0. The summed E-state index contributed by atoms with van der Waals surface area (Å²) in [6.45, 7) is 9.32. The third kappa shape index (κ3) is 28.5. The Kier molecular flexibility index (Phi) is 48.7. The summed E-state index contributed by atoms with van der Waals surface area (Å²) in [6, 6.07) is 0. The van der Waals surface area contributed by atoms with E-state index in [4.69, 9.17) is 61.6 Å². The van der Waals surface area contributed by atoms with Crippen molar-refractivity contribution in [3.05, 3.63) is 0 Å². The highest BCUT2D eigenvalue weighted by Gasteiger charge is 2.90. The summed E-state index contributed by atoms with van der Waals surface area (Å²) in [5.41, 5.74) is -32.2. The van der Waals surface area contributed by atoms with Gasteiger partial charge >= 0.3 is 41.8 Å². The Morgan fingerprint density at radius 3 is 1.09 bits per heavy atom. The summed E-state index contributed by atoms with van der Waals surface area (Å²) >= 11 is 2.73. The number of unbranched alkanes of at least 4 members (excludes halogenated alkanes) is 30. The molecular weight excluding hydrogens is 1690 g/mol. The molecule has 34 nitrogen and oxygen atoms in total. The van der Waals surface area contributed by atoms with Crippen LogP contribution in [0.2, 0.25) is 0 Å². The van der Waals surface area contributed by atoms with Gasteiger partial charge in [-0.05, 0) is 65.9 Å². The maximum Gasteiger partial charge on any atom is 0.303 e. The Bertz CT molecular complexity index is 3490. The number of aliphatic hydroxyl groups excluding tert-OH is 2. The molecule has 4 saturated heterocycles. The minimum atomic E-state index is -4.98. The lowest BCUT2D eigenvalue weighted by Gasteiger charge is -2.69. The van der Waals surface area contributed by atoms with E-state index in [-0.39, 0.29) is 25.0 Å². The van der Waals surface area contributed by atoms with E-state index in [0.717, 1.165) is 126 Å². The predicted molar refractivity (Wildman–Crippen MR) is 460 cm³/mol. The van der Waals surface area contributed by atoms with Gasteiger partial charge < -0.3 is 102 Å². The van der Waals surface area contributed by atoms with Crippen molar-refractivity contribution >= 4 is 100 Å². The van der Waals surface area contributed by atoms with Crippen LogP contribution in [-0.4, -0.2) is 298 Å². The highest BCUT2D eigenvalue weighted by Crippen LogP contribution is 2.61. The summed E-state index contributed by atoms with van der Waals surface area (Å²) in [5, 5.41) is 111. The van der Waals surface area contributed by atoms with Crippen LogP contribution in [0.4, 0.5) is 0 Å². The number of esters is 7. The van der Waals surface area contributed by atoms with Gasteiger partial charge in [-0.1, -0.05) is 206 Å². The molecule has 8 N–H and O–H groups in total. The maximum atomic E-state index is 15.8. The molecule has 4 aliphatic heterocycles. The Labute approximate surface area is 750 Å². The fraction of sp³-hybridized carbons (Fsp3) is 0.856. The van der Waals surface area contributed by atoms with Crippen LogP contribution in [0, 0.1) is 0 Å². The molecule has 0 aromatic heterocycles. The molecule has 724 valence electrons. The van der Waals surface area contributed by atoms with Crippen molar-refractivity contribution in [1.82, 2.24) is 0 Å². The number of hydrogen-bond acceptors (Lipinski definition) is 36. The number of rotatable bonds is 62. The second-order valence-corrected chi connectivity index (χ2v) is 36.7. The summed E-state index contributed by atoms with van der Waals surface area (Å²) in [6.07, 6.45) is -5.55. The van der Waals surface area contributed by atoms with Crippen molar-refractivity contribution < 1.29 is 165 Å². The summed E-state index contributed by atoms with van der Waals surface area (Å²) in [7, 11) is 0. The van der Waals surface area contributed by atoms with Gasteiger partial charge in [0.15, 0.2) is 111 Å². The Hall–Kier alpha value is -5.55. The van der Waals surface area contributed by atoms with Gasteiger partial charge in [0.2, 0.25) is 0 Å². The molecule has 0 radical (unpaired) electrons. The molecule has 0 bridgehead atoms. The second-order valence-electron chi connectivity index (χ2n) is 34.2. The average Bonchev–Trinajstić information content (AvgIpc) is 0.648. The van der Waals surface area contributed by atoms with Gasteiger partial charge in [-0.25, -0.2) is 0 Å². The van der Waals surface area contributed by atoms with E-state index in [0.29, 0.717) is 52.5 Å². The molecule has 4 aliphatic rings. The molecule has 2 unspecified atom stereocenters. The first-order valence-corrected chi connectivity index (χ1v) is 47.6. The Morgan fingerprint density at radius 2 is 0.706 bits per heavy atom. The summed E-state index contributed by atoms with van der Waals surface area (Å²) < 4.78 is 78.7. The van der Waals surface area contributed by atoms with E-state index in [1.54, 1.807) is 0 Å². The number of Topliss-reactive ketones (excluding diaryl/α,β-unsaturated/α-hetero) is 6. The molecule has 22 atom stereocenters. The van der Waals surface area contributed by atoms with E-state index in [9.17, 15) is 88.8 Å². The van der Waals surface area contributed by atoms with Crippen molar-refractivity contribution in [1.29, 1.82) is 0 Å². The molecule has 0 saturated carbocycles. The smallest absolute Gasteiger partial charge is 0.303 e. The first kappa shape index (κ1) is 113. The average molecular weight is 1840 g/mol. The number of carbonyl (C=O) groups is 13. The van der Waals surface area contributed by atoms with E-state index in [1.807, 2.05) is 0 Å². The zero-order chi connectivity index (χ0) is 94.6. The molecular formula is C90H148O34S2. The first-order chi connectivity index (χ1) is 59.4. The molecule has 4 fully saturated rings. The monoisotopic (exact) mass is 1840 g/mol. The quantitative estimate of drug-likeness (QED) is 0.0161. The fourth-order valence-electron chi connectivity index (χ4n) is 18.1. The van der Waals surface area contributed by atoms with Gasteiger partial charge in [-0.15, -0.1) is 0 Å². The Morgan fingerprint density at radius 1 is 0.349 bits per heavy atom. The molecule has 0 aromatic carbocycles. The van der Waals surface area contributed by atoms with Crippen molar-refractivity contribution in [2.45, 2.75) is 440 Å². The second kappa shape index (κ2) is 54.4. The molecule has 0 aromatic rings. The fourth-order valence-corrected chi connectivity index (χ4v) is 19.7. The minimum Gasteiger partial charge on any atom is -0.463 e. The summed E-state index contributed by atoms with van der Waals surface area (Å²) in [4.78, 5) is 184. The number of carbonyl (C=O) groups excluding carboxylic acids is 13. The highest BCUT2D eigenvalue weighted by atomic mass is 32.2. The summed E-state index contributed by atoms with van der Waals surface area (Å²) in [5.74, 6) is -19.4. The lowest BCUT2D eigenvalue weighted by atomic mass is 9.49. The van der Waals surface area contributed by atoms with E-state index < -0.39 is 227 Å². The number of ether oxygens (including phenoxy) is 13. The molecule has 4 heterocycles. The van der Waals surface area contributed by atoms with E-state index in [1.165, 1.54) is 146 Å². The Balaban J connectivity index is 2.04. The third-order valence-corrected chi connectivity index (χ3v) is 26.5. The van der Waals surface area contributed by atoms with Crippen LogP contribution in [0.25, 0.3) is 0 Å². The van der Waals surface area contributed by atoms with Gasteiger partial charge in [-0.3, -0.25) is 62.3 Å². The van der Waals surface area contributed by atoms with Crippen LogP contribution < -0.4 is 0 Å². The third-order valence-electron chi connectivity index (χ3n) is 24.4. The lowest BCUT2D eigenvalue weighted by Crippen LogP contribution is -2.97. The number of ketones is 6. The molecule has 36 heteroatoms. The molecule has 0 spiro atoms. The number of aliphatic hydroxyl groups is 8. The van der Waals surface area contributed by atoms with Crippen LogP contribution in [0.1, 0.15) is 309 Å². The van der Waals surface area contributed by atoms with Crippen LogP contribution in [0.3, 0.4) is 0 Å². The van der Waals surface area contributed by atoms with Crippen LogP contribution in [0.5, 0.6) is 0 Å². The van der Waals surface area contributed by atoms with Gasteiger partial charge in [0.25, 0.3) is 0 Å². The largest absolute Gasteiger partial charge is 0.463 e. The minimum absolute atomic E-state index is 0.137. The standard InChI is InChI=1S/C90H148O34S2/c1-16-18-20-22-24-26-28-30-32-34-36-38-40-42-44-46-50-125-52-48-112-81-77(119-67(14)102)80(120-68(15)103)84(70(122-81)55-114-63(10)98,115-49-53-126-51-47-45-43-41-39-37-35-33-31-29-27-25-23-21-19-17-2)82-86(107,58(5)93)90(111,61(8)96)88(109,78(123-82)71(104)56(3)91)83-87(108,59(6)94)89(110,60(7)95)85(106,57(4)92)79(124-83)72(105)74-76(118-66(13)101)75(117-65(12)100)73(116-64(11)99)69(121-74)54-113-62(9)97/h69-83,104-111H,16-55H2,1-15H3/t69-,70-,71?,72?,73-,74+,75+,76+,77-,78-,79-,80-,81+,82+,83-,84-,85-,86+,87+,88+,89+,90-/m1/s1. The highest BCUT2D eigenvalue weighted by molar-refractivity contribution is 7.99. The van der Waals surface area contributed by atoms with Crippen LogP contribution in [-0.2, 0) is 124 Å². The van der Waals surface area contributed by atoms with Crippen molar-refractivity contribution in [2.75, 3.05) is 49.4 Å². The number of thioether (sulfide) groups is 2. The van der Waals surface area contributed by atoms with Crippen molar-refractivity contribution in [3.63, 3.8) is 0 Å². The SMILES string of the molecule is CCCCCCCCCCCCCCCCCCSCCO[C@H]1O[C@H](COC(C)=O)[C@](OCCSCCCCCCCCCCCCCCCCCC)([C@@H]2O[C@H](C(O)C(C)=O)[C@](O)([C@@H]3O[C@H](C(O)[C@@H]4O[C@H](COC(C)=O)[C@@H](OC(C)=O)[C@H](OC(C)=O)[C@H]4OC(C)=O)[C@](O)(C(C)=O)[C@@](O)(C(C)=O)[C@]3(O)C(C)=O)[C@@](O)(C(C)=O)[C@]2(O)C(C)=O)[C@H](OC(C)=O)[C@H]1OC(C)=O. The van der Waals surface area contributed by atoms with Crippen LogP contribution >= 0.6 is 23.5 Å². The molecule has 0 aliphatic carbocycles. The van der Waals surface area contributed by atoms with Gasteiger partial charge in [0.05, 0.1) is 13.2 Å². The topological polar surface area (TPSA) is 504 Å². The molecule has 4 rings (SSSR count). The predicted octanol–water partition coefficient (Wildman–Crippen LogP) is 8.20. The zero-order valence-corrected chi connectivity index (χ0v) is 78.6. The number of hydrogen-bond donors (Lipinski definition) is 8. The lowest BCUT2D eigenvalue weighted by molar-refractivity contribution is -0.436. The van der Waals surface area contributed by atoms with E-state index >= 15 is 14.4 Å². The van der Waals surface area contributed by atoms with Crippen molar-refractivity contribution in [3.8, 4) is 0 Å². The van der Waals surface area contributed by atoms with Gasteiger partial charge in [-0.2, -0.15) is 23.5 Å². The molecule has 0 amide bonds. The van der Waals surface area contributed by atoms with Crippen LogP contribution in [0.15, 0.2) is 0 Å². The van der Waals surface area contributed by atoms with Gasteiger partial charge in [0.1, 0.15) is 68.1 Å². The van der Waals surface area contributed by atoms with Gasteiger partial charge in [0, 0.05) is 60.0 Å². The van der Waals surface area contributed by atoms with Crippen molar-refractivity contribution in [2.24, 2.45) is 0 Å². The molecule has 126 heavy (non-hydrogen) atoms. The maximum absolute atomic E-state index is 15.8. The first-order valence-electron chi connectivity index (χ1n) is 45.3.